The Labute approximate surface area is 261 Å². The lowest BCUT2D eigenvalue weighted by Gasteiger charge is -2.39. The lowest BCUT2D eigenvalue weighted by Crippen LogP contribution is -2.43. The number of halogens is 4. The molecule has 2 unspecified atom stereocenters. The van der Waals surface area contributed by atoms with Gasteiger partial charge in [0.15, 0.2) is 0 Å². The number of hydrogen-bond donors (Lipinski definition) is 1. The second-order valence-corrected chi connectivity index (χ2v) is 13.1. The zero-order valence-electron chi connectivity index (χ0n) is 26.9. The van der Waals surface area contributed by atoms with Crippen LogP contribution in [0.4, 0.5) is 23.2 Å². The maximum absolute atomic E-state index is 15.9. The standard InChI is InChI=1S/C36H51F4N3O/c1-5-7-16-41(24-26(3)9-6-2)18-13-27-10-8-17-42(19-14-27)29-22-32(37)34(33(38)23-29)35-31-12-11-30(44)21-28(31)15-20-43(35)25-36(4,39)40/h11-12,21-23,27,35,44H,3,5-10,13-20,24-25H2,1-2,4H3. The van der Waals surface area contributed by atoms with Gasteiger partial charge in [-0.25, -0.2) is 17.6 Å². The molecule has 2 aromatic carbocycles. The minimum Gasteiger partial charge on any atom is -0.508 e. The van der Waals surface area contributed by atoms with Gasteiger partial charge in [0.05, 0.1) is 12.6 Å². The fourth-order valence-electron chi connectivity index (χ4n) is 7.02. The van der Waals surface area contributed by atoms with Crippen LogP contribution in [0.1, 0.15) is 94.9 Å². The number of rotatable bonds is 14. The van der Waals surface area contributed by atoms with Gasteiger partial charge in [-0.05, 0) is 99.3 Å². The molecule has 44 heavy (non-hydrogen) atoms. The predicted octanol–water partition coefficient (Wildman–Crippen LogP) is 8.73. The first kappa shape index (κ1) is 34.3. The Morgan fingerprint density at radius 1 is 1.02 bits per heavy atom. The fraction of sp³-hybridized carbons (Fsp3) is 0.611. The van der Waals surface area contributed by atoms with E-state index in [1.54, 1.807) is 12.1 Å². The smallest absolute Gasteiger partial charge is 0.257 e. The minimum absolute atomic E-state index is 0.0446. The lowest BCUT2D eigenvalue weighted by atomic mass is 9.87. The molecule has 0 radical (unpaired) electrons. The molecule has 2 heterocycles. The molecule has 4 rings (SSSR count). The van der Waals surface area contributed by atoms with Crippen LogP contribution in [0.2, 0.25) is 0 Å². The highest BCUT2D eigenvalue weighted by atomic mass is 19.3. The van der Waals surface area contributed by atoms with Crippen LogP contribution >= 0.6 is 0 Å². The molecule has 0 aliphatic carbocycles. The summed E-state index contributed by atoms with van der Waals surface area (Å²) < 4.78 is 60.2. The van der Waals surface area contributed by atoms with Crippen molar-refractivity contribution in [1.29, 1.82) is 0 Å². The maximum atomic E-state index is 15.9. The third kappa shape index (κ3) is 9.23. The van der Waals surface area contributed by atoms with E-state index >= 15 is 8.78 Å². The molecule has 0 aromatic heterocycles. The number of nitrogens with zero attached hydrogens (tertiary/aromatic N) is 3. The van der Waals surface area contributed by atoms with Crippen LogP contribution in [0.3, 0.4) is 0 Å². The zero-order chi connectivity index (χ0) is 31.9. The first-order chi connectivity index (χ1) is 21.0. The van der Waals surface area contributed by atoms with Crippen molar-refractivity contribution in [3.63, 3.8) is 0 Å². The van der Waals surface area contributed by atoms with E-state index in [9.17, 15) is 13.9 Å². The van der Waals surface area contributed by atoms with Crippen LogP contribution < -0.4 is 4.90 Å². The van der Waals surface area contributed by atoms with E-state index < -0.39 is 30.1 Å². The second-order valence-electron chi connectivity index (χ2n) is 13.1. The predicted molar refractivity (Wildman–Crippen MR) is 172 cm³/mol. The topological polar surface area (TPSA) is 30.0 Å². The summed E-state index contributed by atoms with van der Waals surface area (Å²) in [6, 6.07) is 6.36. The second kappa shape index (κ2) is 15.6. The van der Waals surface area contributed by atoms with E-state index in [-0.39, 0.29) is 17.9 Å². The van der Waals surface area contributed by atoms with Gasteiger partial charge in [0.1, 0.15) is 17.4 Å². The molecule has 0 amide bonds. The van der Waals surface area contributed by atoms with Crippen molar-refractivity contribution >= 4 is 5.69 Å². The van der Waals surface area contributed by atoms with Crippen molar-refractivity contribution in [3.05, 3.63) is 70.8 Å². The third-order valence-corrected chi connectivity index (χ3v) is 9.22. The number of phenolic OH excluding ortho intramolecular Hbond substituents is 1. The van der Waals surface area contributed by atoms with Crippen LogP contribution in [0, 0.1) is 17.6 Å². The molecular weight excluding hydrogens is 566 g/mol. The molecule has 2 atom stereocenters. The van der Waals surface area contributed by atoms with Crippen molar-refractivity contribution in [2.75, 3.05) is 50.7 Å². The highest BCUT2D eigenvalue weighted by Gasteiger charge is 2.38. The maximum Gasteiger partial charge on any atom is 0.257 e. The summed E-state index contributed by atoms with van der Waals surface area (Å²) >= 11 is 0. The van der Waals surface area contributed by atoms with Crippen LogP contribution in [-0.2, 0) is 6.42 Å². The number of benzene rings is 2. The number of phenols is 1. The highest BCUT2D eigenvalue weighted by Crippen LogP contribution is 2.41. The van der Waals surface area contributed by atoms with Crippen molar-refractivity contribution in [2.45, 2.75) is 90.5 Å². The average molecular weight is 618 g/mol. The van der Waals surface area contributed by atoms with Gasteiger partial charge in [0.2, 0.25) is 0 Å². The van der Waals surface area contributed by atoms with Crippen molar-refractivity contribution in [1.82, 2.24) is 9.80 Å². The van der Waals surface area contributed by atoms with Crippen molar-refractivity contribution in [2.24, 2.45) is 5.92 Å². The summed E-state index contributed by atoms with van der Waals surface area (Å²) in [6.45, 7) is 13.6. The molecule has 1 saturated heterocycles. The molecule has 0 saturated carbocycles. The summed E-state index contributed by atoms with van der Waals surface area (Å²) in [5, 5.41) is 9.98. The van der Waals surface area contributed by atoms with Crippen LogP contribution in [-0.4, -0.2) is 66.6 Å². The summed E-state index contributed by atoms with van der Waals surface area (Å²) in [6.07, 6.45) is 9.04. The number of unbranched alkanes of at least 4 members (excludes halogenated alkanes) is 1. The summed E-state index contributed by atoms with van der Waals surface area (Å²) in [5.41, 5.74) is 2.85. The van der Waals surface area contributed by atoms with Gasteiger partial charge in [-0.2, -0.15) is 0 Å². The Kier molecular flexibility index (Phi) is 12.2. The Bertz CT molecular complexity index is 1220. The first-order valence-corrected chi connectivity index (χ1v) is 16.6. The fourth-order valence-corrected chi connectivity index (χ4v) is 7.02. The van der Waals surface area contributed by atoms with Gasteiger partial charge in [-0.15, -0.1) is 0 Å². The first-order valence-electron chi connectivity index (χ1n) is 16.6. The Morgan fingerprint density at radius 2 is 1.77 bits per heavy atom. The minimum atomic E-state index is -3.03. The molecule has 244 valence electrons. The Hall–Kier alpha value is -2.58. The van der Waals surface area contributed by atoms with Crippen LogP contribution in [0.5, 0.6) is 5.75 Å². The average Bonchev–Trinajstić information content (AvgIpc) is 3.20. The van der Waals surface area contributed by atoms with E-state index in [2.05, 4.69) is 30.2 Å². The Morgan fingerprint density at radius 3 is 2.45 bits per heavy atom. The normalized spacial score (nSPS) is 19.7. The molecule has 0 spiro atoms. The van der Waals surface area contributed by atoms with Gasteiger partial charge in [0, 0.05) is 44.4 Å². The molecule has 1 N–H and O–H groups in total. The molecule has 8 heteroatoms. The van der Waals surface area contributed by atoms with Gasteiger partial charge in [0.25, 0.3) is 5.92 Å². The van der Waals surface area contributed by atoms with Gasteiger partial charge in [-0.1, -0.05) is 44.9 Å². The van der Waals surface area contributed by atoms with Gasteiger partial charge in [-0.3, -0.25) is 9.80 Å². The quantitative estimate of drug-likeness (QED) is 0.170. The Balaban J connectivity index is 1.48. The van der Waals surface area contributed by atoms with E-state index in [0.29, 0.717) is 23.6 Å². The molecule has 0 bridgehead atoms. The van der Waals surface area contributed by atoms with Crippen molar-refractivity contribution in [3.8, 4) is 5.75 Å². The number of aromatic hydroxyl groups is 1. The third-order valence-electron chi connectivity index (χ3n) is 9.22. The number of alkyl halides is 2. The lowest BCUT2D eigenvalue weighted by molar-refractivity contribution is -0.0245. The summed E-state index contributed by atoms with van der Waals surface area (Å²) in [5.74, 6) is -3.89. The number of fused-ring (bicyclic) bond motifs is 1. The van der Waals surface area contributed by atoms with Crippen molar-refractivity contribution < 1.29 is 22.7 Å². The molecule has 2 aromatic rings. The zero-order valence-corrected chi connectivity index (χ0v) is 26.9. The monoisotopic (exact) mass is 617 g/mol. The largest absolute Gasteiger partial charge is 0.508 e. The van der Waals surface area contributed by atoms with Gasteiger partial charge >= 0.3 is 0 Å². The van der Waals surface area contributed by atoms with Crippen LogP contribution in [0.25, 0.3) is 0 Å². The van der Waals surface area contributed by atoms with E-state index in [0.717, 1.165) is 83.7 Å². The van der Waals surface area contributed by atoms with Crippen LogP contribution in [0.15, 0.2) is 42.5 Å². The highest BCUT2D eigenvalue weighted by molar-refractivity contribution is 5.52. The molecular formula is C36H51F4N3O. The molecule has 1 fully saturated rings. The summed E-state index contributed by atoms with van der Waals surface area (Å²) in [7, 11) is 0. The molecule has 2 aliphatic rings. The SMILES string of the molecule is C=C(CCC)CN(CCCC)CCC1CCCN(c2cc(F)c(C3c4ccc(O)cc4CCN3CC(C)(F)F)c(F)c2)CC1. The van der Waals surface area contributed by atoms with Gasteiger partial charge < -0.3 is 10.0 Å². The number of hydrogen-bond acceptors (Lipinski definition) is 4. The molecule has 2 aliphatic heterocycles. The van der Waals surface area contributed by atoms with E-state index in [4.69, 9.17) is 0 Å². The summed E-state index contributed by atoms with van der Waals surface area (Å²) in [4.78, 5) is 6.06. The van der Waals surface area contributed by atoms with E-state index in [1.165, 1.54) is 41.5 Å². The van der Waals surface area contributed by atoms with E-state index in [1.807, 2.05) is 0 Å². The molecule has 4 nitrogen and oxygen atoms in total. The number of anilines is 1.